The summed E-state index contributed by atoms with van der Waals surface area (Å²) in [5.41, 5.74) is 0. The molecule has 92 valence electrons. The monoisotopic (exact) mass is 291 g/mol. The number of thioether (sulfide) groups is 1. The lowest BCUT2D eigenvalue weighted by Gasteiger charge is -2.26. The van der Waals surface area contributed by atoms with Crippen molar-refractivity contribution >= 4 is 40.2 Å². The Morgan fingerprint density at radius 1 is 1.24 bits per heavy atom. The molecular formula is C11H11Cl2NO2S. The Morgan fingerprint density at radius 2 is 1.82 bits per heavy atom. The molecule has 0 saturated carbocycles. The SMILES string of the molecule is O=C(Sc1c(Cl)cccc1Cl)N1CCOCC1. The topological polar surface area (TPSA) is 29.5 Å². The van der Waals surface area contributed by atoms with Crippen LogP contribution < -0.4 is 0 Å². The molecule has 1 aromatic rings. The molecule has 1 saturated heterocycles. The highest BCUT2D eigenvalue weighted by Crippen LogP contribution is 2.35. The number of carbonyl (C=O) groups excluding carboxylic acids is 1. The van der Waals surface area contributed by atoms with Gasteiger partial charge in [-0.2, -0.15) is 0 Å². The quantitative estimate of drug-likeness (QED) is 0.741. The van der Waals surface area contributed by atoms with Gasteiger partial charge in [0.15, 0.2) is 0 Å². The number of hydrogen-bond donors (Lipinski definition) is 0. The smallest absolute Gasteiger partial charge is 0.286 e. The fourth-order valence-electron chi connectivity index (χ4n) is 1.48. The molecule has 1 aliphatic rings. The van der Waals surface area contributed by atoms with Gasteiger partial charge < -0.3 is 9.64 Å². The number of benzene rings is 1. The van der Waals surface area contributed by atoms with E-state index in [4.69, 9.17) is 27.9 Å². The van der Waals surface area contributed by atoms with Crippen LogP contribution in [0.2, 0.25) is 10.0 Å². The lowest BCUT2D eigenvalue weighted by molar-refractivity contribution is 0.0593. The van der Waals surface area contributed by atoms with Gasteiger partial charge in [-0.15, -0.1) is 0 Å². The van der Waals surface area contributed by atoms with Crippen LogP contribution in [-0.2, 0) is 4.74 Å². The van der Waals surface area contributed by atoms with E-state index in [1.165, 1.54) is 0 Å². The molecule has 17 heavy (non-hydrogen) atoms. The van der Waals surface area contributed by atoms with Crippen LogP contribution >= 0.6 is 35.0 Å². The molecule has 0 N–H and O–H groups in total. The van der Waals surface area contributed by atoms with Gasteiger partial charge in [-0.3, -0.25) is 4.79 Å². The minimum absolute atomic E-state index is 0.0386. The van der Waals surface area contributed by atoms with Gasteiger partial charge >= 0.3 is 0 Å². The van der Waals surface area contributed by atoms with Gasteiger partial charge in [-0.1, -0.05) is 29.3 Å². The Hall–Kier alpha value is -0.420. The van der Waals surface area contributed by atoms with Crippen molar-refractivity contribution in [2.24, 2.45) is 0 Å². The number of ether oxygens (including phenoxy) is 1. The van der Waals surface area contributed by atoms with Crippen molar-refractivity contribution in [2.45, 2.75) is 4.90 Å². The van der Waals surface area contributed by atoms with Gasteiger partial charge in [-0.05, 0) is 23.9 Å². The number of halogens is 2. The molecule has 3 nitrogen and oxygen atoms in total. The van der Waals surface area contributed by atoms with Gasteiger partial charge in [0, 0.05) is 13.1 Å². The van der Waals surface area contributed by atoms with Crippen molar-refractivity contribution in [2.75, 3.05) is 26.3 Å². The molecule has 1 amide bonds. The van der Waals surface area contributed by atoms with E-state index in [0.29, 0.717) is 41.2 Å². The standard InChI is InChI=1S/C11H11Cl2NO2S/c12-8-2-1-3-9(13)10(8)17-11(15)14-4-6-16-7-5-14/h1-3H,4-7H2. The second kappa shape index (κ2) is 5.96. The van der Waals surface area contributed by atoms with E-state index in [2.05, 4.69) is 0 Å². The minimum Gasteiger partial charge on any atom is -0.378 e. The normalized spacial score (nSPS) is 16.0. The first kappa shape index (κ1) is 13.0. The molecule has 0 aromatic heterocycles. The highest BCUT2D eigenvalue weighted by Gasteiger charge is 2.20. The fraction of sp³-hybridized carbons (Fsp3) is 0.364. The molecule has 6 heteroatoms. The van der Waals surface area contributed by atoms with Crippen LogP contribution in [0.25, 0.3) is 0 Å². The van der Waals surface area contributed by atoms with Crippen LogP contribution in [0.1, 0.15) is 0 Å². The number of morpholine rings is 1. The highest BCUT2D eigenvalue weighted by molar-refractivity contribution is 8.13. The molecular weight excluding hydrogens is 281 g/mol. The summed E-state index contributed by atoms with van der Waals surface area (Å²) in [6, 6.07) is 5.21. The van der Waals surface area contributed by atoms with Crippen molar-refractivity contribution < 1.29 is 9.53 Å². The first-order valence-corrected chi connectivity index (χ1v) is 6.74. The summed E-state index contributed by atoms with van der Waals surface area (Å²) in [6.07, 6.45) is 0. The summed E-state index contributed by atoms with van der Waals surface area (Å²) in [5.74, 6) is 0. The zero-order chi connectivity index (χ0) is 12.3. The van der Waals surface area contributed by atoms with E-state index in [9.17, 15) is 4.79 Å². The summed E-state index contributed by atoms with van der Waals surface area (Å²) in [4.78, 5) is 14.3. The molecule has 0 radical (unpaired) electrons. The number of hydrogen-bond acceptors (Lipinski definition) is 3. The van der Waals surface area contributed by atoms with Gasteiger partial charge in [0.25, 0.3) is 5.24 Å². The number of amides is 1. The molecule has 0 unspecified atom stereocenters. The first-order chi connectivity index (χ1) is 8.18. The van der Waals surface area contributed by atoms with Crippen molar-refractivity contribution in [3.8, 4) is 0 Å². The van der Waals surface area contributed by atoms with Crippen LogP contribution in [0.15, 0.2) is 23.1 Å². The molecule has 1 aliphatic heterocycles. The predicted molar refractivity (Wildman–Crippen MR) is 70.1 cm³/mol. The molecule has 1 aromatic carbocycles. The molecule has 0 aliphatic carbocycles. The predicted octanol–water partition coefficient (Wildman–Crippen LogP) is 3.54. The van der Waals surface area contributed by atoms with Crippen molar-refractivity contribution in [3.05, 3.63) is 28.2 Å². The average molecular weight is 292 g/mol. The molecule has 0 atom stereocenters. The Bertz CT molecular complexity index is 402. The largest absolute Gasteiger partial charge is 0.378 e. The van der Waals surface area contributed by atoms with Crippen LogP contribution in [0.4, 0.5) is 4.79 Å². The molecule has 0 spiro atoms. The molecule has 1 heterocycles. The van der Waals surface area contributed by atoms with Crippen molar-refractivity contribution in [1.82, 2.24) is 4.90 Å². The number of carbonyl (C=O) groups is 1. The van der Waals surface area contributed by atoms with Crippen LogP contribution in [0, 0.1) is 0 Å². The van der Waals surface area contributed by atoms with Crippen LogP contribution in [0.3, 0.4) is 0 Å². The van der Waals surface area contributed by atoms with Gasteiger partial charge in [-0.25, -0.2) is 0 Å². The lowest BCUT2D eigenvalue weighted by atomic mass is 10.4. The lowest BCUT2D eigenvalue weighted by Crippen LogP contribution is -2.38. The average Bonchev–Trinajstić information content (AvgIpc) is 2.35. The van der Waals surface area contributed by atoms with E-state index in [-0.39, 0.29) is 5.24 Å². The van der Waals surface area contributed by atoms with E-state index >= 15 is 0 Å². The summed E-state index contributed by atoms with van der Waals surface area (Å²) in [5, 5.41) is 0.969. The maximum absolute atomic E-state index is 12.0. The third-order valence-corrected chi connectivity index (χ3v) is 4.31. The second-order valence-corrected chi connectivity index (χ2v) is 5.29. The minimum atomic E-state index is -0.0386. The summed E-state index contributed by atoms with van der Waals surface area (Å²) < 4.78 is 5.19. The van der Waals surface area contributed by atoms with Crippen LogP contribution in [0.5, 0.6) is 0 Å². The van der Waals surface area contributed by atoms with Crippen LogP contribution in [-0.4, -0.2) is 36.4 Å². The summed E-state index contributed by atoms with van der Waals surface area (Å²) in [7, 11) is 0. The Morgan fingerprint density at radius 3 is 2.41 bits per heavy atom. The second-order valence-electron chi connectivity index (χ2n) is 3.52. The zero-order valence-corrected chi connectivity index (χ0v) is 11.3. The third kappa shape index (κ3) is 3.28. The zero-order valence-electron chi connectivity index (χ0n) is 8.99. The first-order valence-electron chi connectivity index (χ1n) is 5.17. The fourth-order valence-corrected chi connectivity index (χ4v) is 2.92. The number of rotatable bonds is 1. The Kier molecular flexibility index (Phi) is 4.56. The van der Waals surface area contributed by atoms with Gasteiger partial charge in [0.2, 0.25) is 0 Å². The Labute approximate surface area is 114 Å². The van der Waals surface area contributed by atoms with E-state index in [1.54, 1.807) is 23.1 Å². The van der Waals surface area contributed by atoms with E-state index < -0.39 is 0 Å². The highest BCUT2D eigenvalue weighted by atomic mass is 35.5. The summed E-state index contributed by atoms with van der Waals surface area (Å²) in [6.45, 7) is 2.41. The van der Waals surface area contributed by atoms with E-state index in [1.807, 2.05) is 0 Å². The van der Waals surface area contributed by atoms with Gasteiger partial charge in [0.1, 0.15) is 0 Å². The molecule has 2 rings (SSSR count). The van der Waals surface area contributed by atoms with E-state index in [0.717, 1.165) is 11.8 Å². The van der Waals surface area contributed by atoms with Gasteiger partial charge in [0.05, 0.1) is 28.2 Å². The molecule has 1 fully saturated rings. The molecule has 0 bridgehead atoms. The third-order valence-electron chi connectivity index (χ3n) is 2.38. The Balaban J connectivity index is 2.07. The maximum Gasteiger partial charge on any atom is 0.286 e. The van der Waals surface area contributed by atoms with Crippen molar-refractivity contribution in [3.63, 3.8) is 0 Å². The number of nitrogens with zero attached hydrogens (tertiary/aromatic N) is 1. The van der Waals surface area contributed by atoms with Crippen molar-refractivity contribution in [1.29, 1.82) is 0 Å². The summed E-state index contributed by atoms with van der Waals surface area (Å²) >= 11 is 13.1. The maximum atomic E-state index is 12.0.